The number of aromatic nitrogens is 2. The Kier molecular flexibility index (Phi) is 4.20. The summed E-state index contributed by atoms with van der Waals surface area (Å²) in [7, 11) is 0. The highest BCUT2D eigenvalue weighted by atomic mass is 35.5. The quantitative estimate of drug-likeness (QED) is 0.839. The first-order valence-electron chi connectivity index (χ1n) is 5.01. The van der Waals surface area contributed by atoms with Crippen molar-refractivity contribution in [2.24, 2.45) is 0 Å². The molecule has 0 spiro atoms. The number of hydrogen-bond donors (Lipinski definition) is 2. The molecule has 1 amide bonds. The zero-order valence-electron chi connectivity index (χ0n) is 9.54. The average molecular weight is 243 g/mol. The fourth-order valence-corrected chi connectivity index (χ4v) is 1.28. The summed E-state index contributed by atoms with van der Waals surface area (Å²) in [4.78, 5) is 11.8. The van der Waals surface area contributed by atoms with Gasteiger partial charge in [0.1, 0.15) is 0 Å². The van der Waals surface area contributed by atoms with Gasteiger partial charge < -0.3 is 10.6 Å². The molecule has 0 bridgehead atoms. The number of carbonyl (C=O) groups is 1. The van der Waals surface area contributed by atoms with Crippen molar-refractivity contribution < 1.29 is 4.79 Å². The SMILES string of the molecule is CCNC(C)(C)C(=O)Nc1ccc(Cl)nn1. The maximum atomic E-state index is 11.8. The summed E-state index contributed by atoms with van der Waals surface area (Å²) in [6.45, 7) is 6.26. The molecule has 1 heterocycles. The van der Waals surface area contributed by atoms with Crippen LogP contribution in [0, 0.1) is 0 Å². The van der Waals surface area contributed by atoms with E-state index in [2.05, 4.69) is 20.8 Å². The topological polar surface area (TPSA) is 66.9 Å². The Morgan fingerprint density at radius 1 is 1.44 bits per heavy atom. The molecule has 0 aromatic carbocycles. The lowest BCUT2D eigenvalue weighted by molar-refractivity contribution is -0.121. The summed E-state index contributed by atoms with van der Waals surface area (Å²) in [5, 5.41) is 13.4. The molecule has 5 nitrogen and oxygen atoms in total. The molecule has 88 valence electrons. The fraction of sp³-hybridized carbons (Fsp3) is 0.500. The molecule has 2 N–H and O–H groups in total. The van der Waals surface area contributed by atoms with Gasteiger partial charge in [0, 0.05) is 0 Å². The molecule has 0 saturated carbocycles. The van der Waals surface area contributed by atoms with E-state index in [1.807, 2.05) is 6.92 Å². The van der Waals surface area contributed by atoms with Gasteiger partial charge in [-0.1, -0.05) is 18.5 Å². The third kappa shape index (κ3) is 3.43. The lowest BCUT2D eigenvalue weighted by Crippen LogP contribution is -2.49. The van der Waals surface area contributed by atoms with Gasteiger partial charge in [0.2, 0.25) is 5.91 Å². The monoisotopic (exact) mass is 242 g/mol. The van der Waals surface area contributed by atoms with E-state index < -0.39 is 5.54 Å². The zero-order valence-corrected chi connectivity index (χ0v) is 10.3. The minimum absolute atomic E-state index is 0.161. The highest BCUT2D eigenvalue weighted by Gasteiger charge is 2.26. The number of likely N-dealkylation sites (N-methyl/N-ethyl adjacent to an activating group) is 1. The molecule has 0 aliphatic rings. The third-order valence-corrected chi connectivity index (χ3v) is 2.26. The largest absolute Gasteiger partial charge is 0.308 e. The van der Waals surface area contributed by atoms with Crippen LogP contribution in [0.15, 0.2) is 12.1 Å². The van der Waals surface area contributed by atoms with Crippen LogP contribution in [0.2, 0.25) is 5.15 Å². The van der Waals surface area contributed by atoms with E-state index in [0.29, 0.717) is 17.5 Å². The molecule has 0 atom stereocenters. The van der Waals surface area contributed by atoms with Crippen molar-refractivity contribution in [2.75, 3.05) is 11.9 Å². The number of hydrogen-bond acceptors (Lipinski definition) is 4. The zero-order chi connectivity index (χ0) is 12.2. The lowest BCUT2D eigenvalue weighted by atomic mass is 10.0. The van der Waals surface area contributed by atoms with Crippen molar-refractivity contribution >= 4 is 23.3 Å². The van der Waals surface area contributed by atoms with E-state index in [4.69, 9.17) is 11.6 Å². The van der Waals surface area contributed by atoms with Crippen LogP contribution in [-0.4, -0.2) is 28.2 Å². The molecule has 0 fully saturated rings. The normalized spacial score (nSPS) is 11.2. The number of nitrogens with one attached hydrogen (secondary N) is 2. The van der Waals surface area contributed by atoms with Gasteiger partial charge >= 0.3 is 0 Å². The first-order chi connectivity index (χ1) is 7.45. The minimum Gasteiger partial charge on any atom is -0.308 e. The van der Waals surface area contributed by atoms with Crippen LogP contribution in [-0.2, 0) is 4.79 Å². The van der Waals surface area contributed by atoms with Gasteiger partial charge in [-0.05, 0) is 32.5 Å². The second-order valence-electron chi connectivity index (χ2n) is 3.85. The highest BCUT2D eigenvalue weighted by molar-refractivity contribution is 6.29. The van der Waals surface area contributed by atoms with Crippen LogP contribution in [0.25, 0.3) is 0 Å². The Morgan fingerprint density at radius 2 is 2.12 bits per heavy atom. The molecule has 1 aromatic rings. The average Bonchev–Trinajstić information content (AvgIpc) is 2.21. The molecule has 0 aliphatic heterocycles. The van der Waals surface area contributed by atoms with Crippen LogP contribution >= 0.6 is 11.6 Å². The molecule has 6 heteroatoms. The summed E-state index contributed by atoms with van der Waals surface area (Å²) in [5.41, 5.74) is -0.643. The van der Waals surface area contributed by atoms with Crippen molar-refractivity contribution in [2.45, 2.75) is 26.3 Å². The Bertz CT molecular complexity index is 364. The van der Waals surface area contributed by atoms with Gasteiger partial charge in [-0.15, -0.1) is 10.2 Å². The molecule has 0 aliphatic carbocycles. The second kappa shape index (κ2) is 5.23. The molecule has 0 unspecified atom stereocenters. The molecule has 1 rings (SSSR count). The summed E-state index contributed by atoms with van der Waals surface area (Å²) in [5.74, 6) is 0.228. The number of anilines is 1. The van der Waals surface area contributed by atoms with Crippen molar-refractivity contribution in [3.05, 3.63) is 17.3 Å². The molecule has 0 saturated heterocycles. The summed E-state index contributed by atoms with van der Waals surface area (Å²) >= 11 is 5.59. The number of amides is 1. The summed E-state index contributed by atoms with van der Waals surface area (Å²) in [6.07, 6.45) is 0. The predicted molar refractivity (Wildman–Crippen MR) is 63.4 cm³/mol. The Labute approximate surface area is 99.6 Å². The molecule has 16 heavy (non-hydrogen) atoms. The Hall–Kier alpha value is -1.20. The van der Waals surface area contributed by atoms with E-state index in [0.717, 1.165) is 0 Å². The van der Waals surface area contributed by atoms with E-state index in [1.54, 1.807) is 26.0 Å². The number of nitrogens with zero attached hydrogens (tertiary/aromatic N) is 2. The number of carbonyl (C=O) groups excluding carboxylic acids is 1. The molecule has 0 radical (unpaired) electrons. The van der Waals surface area contributed by atoms with Crippen molar-refractivity contribution in [3.8, 4) is 0 Å². The number of rotatable bonds is 4. The first kappa shape index (κ1) is 12.9. The van der Waals surface area contributed by atoms with E-state index in [9.17, 15) is 4.79 Å². The van der Waals surface area contributed by atoms with E-state index in [1.165, 1.54) is 0 Å². The predicted octanol–water partition coefficient (Wildman–Crippen LogP) is 1.46. The fourth-order valence-electron chi connectivity index (χ4n) is 1.18. The first-order valence-corrected chi connectivity index (χ1v) is 5.39. The Balaban J connectivity index is 2.67. The smallest absolute Gasteiger partial charge is 0.245 e. The van der Waals surface area contributed by atoms with Gasteiger partial charge in [-0.25, -0.2) is 0 Å². The summed E-state index contributed by atoms with van der Waals surface area (Å²) < 4.78 is 0. The van der Waals surface area contributed by atoms with Crippen LogP contribution in [0.1, 0.15) is 20.8 Å². The second-order valence-corrected chi connectivity index (χ2v) is 4.24. The number of halogens is 1. The summed E-state index contributed by atoms with van der Waals surface area (Å²) in [6, 6.07) is 3.18. The van der Waals surface area contributed by atoms with Gasteiger partial charge in [0.15, 0.2) is 11.0 Å². The van der Waals surface area contributed by atoms with Crippen LogP contribution in [0.5, 0.6) is 0 Å². The van der Waals surface area contributed by atoms with Crippen LogP contribution < -0.4 is 10.6 Å². The van der Waals surface area contributed by atoms with Crippen molar-refractivity contribution in [1.82, 2.24) is 15.5 Å². The van der Waals surface area contributed by atoms with Gasteiger partial charge in [-0.3, -0.25) is 4.79 Å². The maximum Gasteiger partial charge on any atom is 0.245 e. The van der Waals surface area contributed by atoms with E-state index in [-0.39, 0.29) is 5.91 Å². The van der Waals surface area contributed by atoms with Gasteiger partial charge in [0.25, 0.3) is 0 Å². The van der Waals surface area contributed by atoms with Gasteiger partial charge in [0.05, 0.1) is 5.54 Å². The van der Waals surface area contributed by atoms with Crippen molar-refractivity contribution in [3.63, 3.8) is 0 Å². The van der Waals surface area contributed by atoms with E-state index >= 15 is 0 Å². The molecular formula is C10H15ClN4O. The standard InChI is InChI=1S/C10H15ClN4O/c1-4-12-10(2,3)9(16)13-8-6-5-7(11)14-15-8/h5-6,12H,4H2,1-3H3,(H,13,15,16). The highest BCUT2D eigenvalue weighted by Crippen LogP contribution is 2.09. The molecule has 1 aromatic heterocycles. The van der Waals surface area contributed by atoms with Crippen LogP contribution in [0.4, 0.5) is 5.82 Å². The minimum atomic E-state index is -0.643. The third-order valence-electron chi connectivity index (χ3n) is 2.06. The van der Waals surface area contributed by atoms with Gasteiger partial charge in [-0.2, -0.15) is 0 Å². The van der Waals surface area contributed by atoms with Crippen LogP contribution in [0.3, 0.4) is 0 Å². The van der Waals surface area contributed by atoms with Crippen molar-refractivity contribution in [1.29, 1.82) is 0 Å². The Morgan fingerprint density at radius 3 is 2.62 bits per heavy atom. The maximum absolute atomic E-state index is 11.8. The molecular weight excluding hydrogens is 228 g/mol. The lowest BCUT2D eigenvalue weighted by Gasteiger charge is -2.23.